The van der Waals surface area contributed by atoms with Gasteiger partial charge in [0.05, 0.1) is 11.3 Å². The molecule has 0 saturated heterocycles. The fourth-order valence-corrected chi connectivity index (χ4v) is 4.63. The Morgan fingerprint density at radius 2 is 1.72 bits per heavy atom. The third kappa shape index (κ3) is 4.15. The first kappa shape index (κ1) is 20.8. The molecule has 0 spiro atoms. The molecule has 32 heavy (non-hydrogen) atoms. The van der Waals surface area contributed by atoms with Gasteiger partial charge >= 0.3 is 5.63 Å². The zero-order valence-electron chi connectivity index (χ0n) is 16.5. The molecule has 0 aliphatic heterocycles. The predicted octanol–water partition coefficient (Wildman–Crippen LogP) is 7.47. The minimum Gasteiger partial charge on any atom is -0.489 e. The number of fused-ring (bicyclic) bond motifs is 1. The number of ether oxygens (including phenoxy) is 1. The second kappa shape index (κ2) is 8.79. The Hall–Kier alpha value is -3.12. The average molecular weight is 480 g/mol. The molecule has 0 aliphatic carbocycles. The van der Waals surface area contributed by atoms with Gasteiger partial charge in [-0.15, -0.1) is 11.3 Å². The van der Waals surface area contributed by atoms with Crippen LogP contribution in [-0.2, 0) is 6.61 Å². The van der Waals surface area contributed by atoms with Crippen LogP contribution in [0.1, 0.15) is 5.56 Å². The van der Waals surface area contributed by atoms with E-state index < -0.39 is 5.63 Å². The number of aromatic nitrogens is 1. The number of benzene rings is 3. The van der Waals surface area contributed by atoms with Gasteiger partial charge in [0, 0.05) is 38.0 Å². The van der Waals surface area contributed by atoms with E-state index in [2.05, 4.69) is 4.98 Å². The highest BCUT2D eigenvalue weighted by Gasteiger charge is 2.14. The highest BCUT2D eigenvalue weighted by atomic mass is 35.5. The van der Waals surface area contributed by atoms with Crippen molar-refractivity contribution >= 4 is 45.5 Å². The van der Waals surface area contributed by atoms with Gasteiger partial charge in [-0.3, -0.25) is 0 Å². The molecule has 0 bridgehead atoms. The summed E-state index contributed by atoms with van der Waals surface area (Å²) in [4.78, 5) is 17.3. The molecule has 0 amide bonds. The van der Waals surface area contributed by atoms with Gasteiger partial charge in [-0.1, -0.05) is 59.6 Å². The van der Waals surface area contributed by atoms with Crippen molar-refractivity contribution in [1.29, 1.82) is 0 Å². The van der Waals surface area contributed by atoms with Crippen molar-refractivity contribution in [3.05, 3.63) is 104 Å². The molecule has 5 rings (SSSR count). The summed E-state index contributed by atoms with van der Waals surface area (Å²) in [5.41, 5.74) is 2.94. The molecule has 0 unspecified atom stereocenters. The Balaban J connectivity index is 1.43. The summed E-state index contributed by atoms with van der Waals surface area (Å²) in [5.74, 6) is 0.546. The maximum absolute atomic E-state index is 12.7. The number of halogens is 2. The van der Waals surface area contributed by atoms with Crippen LogP contribution in [-0.4, -0.2) is 4.98 Å². The number of rotatable bonds is 5. The van der Waals surface area contributed by atoms with E-state index in [-0.39, 0.29) is 6.61 Å². The SMILES string of the molecule is O=c1oc2cc(OCc3c(Cl)cccc3Cl)ccc2cc1-c1nc(-c2ccccc2)cs1. The van der Waals surface area contributed by atoms with Crippen molar-refractivity contribution in [1.82, 2.24) is 4.98 Å². The van der Waals surface area contributed by atoms with E-state index in [0.717, 1.165) is 16.6 Å². The average Bonchev–Trinajstić information content (AvgIpc) is 3.29. The van der Waals surface area contributed by atoms with Crippen molar-refractivity contribution in [3.8, 4) is 27.6 Å². The van der Waals surface area contributed by atoms with Gasteiger partial charge in [0.1, 0.15) is 22.9 Å². The molecule has 0 radical (unpaired) electrons. The first-order valence-electron chi connectivity index (χ1n) is 9.73. The van der Waals surface area contributed by atoms with Crippen molar-refractivity contribution in [2.75, 3.05) is 0 Å². The molecule has 0 aliphatic rings. The Morgan fingerprint density at radius 3 is 2.50 bits per heavy atom. The number of hydrogen-bond acceptors (Lipinski definition) is 5. The van der Waals surface area contributed by atoms with E-state index in [1.807, 2.05) is 47.8 Å². The maximum atomic E-state index is 12.7. The number of thiazole rings is 1. The van der Waals surface area contributed by atoms with Crippen molar-refractivity contribution in [2.24, 2.45) is 0 Å². The normalized spacial score (nSPS) is 11.1. The summed E-state index contributed by atoms with van der Waals surface area (Å²) in [6.45, 7) is 0.202. The van der Waals surface area contributed by atoms with Crippen LogP contribution in [0.2, 0.25) is 10.0 Å². The second-order valence-corrected chi connectivity index (χ2v) is 8.71. The molecule has 0 saturated carbocycles. The zero-order valence-corrected chi connectivity index (χ0v) is 18.9. The molecule has 3 aromatic carbocycles. The minimum absolute atomic E-state index is 0.202. The molecule has 4 nitrogen and oxygen atoms in total. The molecule has 0 atom stereocenters. The molecule has 0 N–H and O–H groups in total. The molecule has 158 valence electrons. The van der Waals surface area contributed by atoms with Crippen LogP contribution in [0.15, 0.2) is 87.4 Å². The summed E-state index contributed by atoms with van der Waals surface area (Å²) in [6, 6.07) is 22.3. The third-order valence-electron chi connectivity index (χ3n) is 4.96. The Kier molecular flexibility index (Phi) is 5.70. The lowest BCUT2D eigenvalue weighted by atomic mass is 10.1. The second-order valence-electron chi connectivity index (χ2n) is 7.04. The molecule has 7 heteroatoms. The molecule has 0 fully saturated rings. The van der Waals surface area contributed by atoms with Crippen molar-refractivity contribution in [2.45, 2.75) is 6.61 Å². The molecular formula is C25H15Cl2NO3S. The van der Waals surface area contributed by atoms with E-state index in [0.29, 0.717) is 37.5 Å². The lowest BCUT2D eigenvalue weighted by Gasteiger charge is -2.10. The summed E-state index contributed by atoms with van der Waals surface area (Å²) in [5, 5.41) is 4.40. The first-order valence-corrected chi connectivity index (χ1v) is 11.4. The molecule has 2 aromatic heterocycles. The monoisotopic (exact) mass is 479 g/mol. The Labute approximate surface area is 197 Å². The van der Waals surface area contributed by atoms with E-state index in [1.54, 1.807) is 30.3 Å². The fraction of sp³-hybridized carbons (Fsp3) is 0.0400. The quantitative estimate of drug-likeness (QED) is 0.245. The highest BCUT2D eigenvalue weighted by Crippen LogP contribution is 2.30. The molecular weight excluding hydrogens is 465 g/mol. The highest BCUT2D eigenvalue weighted by molar-refractivity contribution is 7.13. The van der Waals surface area contributed by atoms with Crippen LogP contribution < -0.4 is 10.4 Å². The van der Waals surface area contributed by atoms with E-state index in [9.17, 15) is 4.79 Å². The van der Waals surface area contributed by atoms with Crippen LogP contribution in [0.3, 0.4) is 0 Å². The number of nitrogens with zero attached hydrogens (tertiary/aromatic N) is 1. The topological polar surface area (TPSA) is 52.3 Å². The van der Waals surface area contributed by atoms with E-state index in [1.165, 1.54) is 11.3 Å². The van der Waals surface area contributed by atoms with Crippen LogP contribution in [0.4, 0.5) is 0 Å². The lowest BCUT2D eigenvalue weighted by molar-refractivity contribution is 0.306. The summed E-state index contributed by atoms with van der Waals surface area (Å²) >= 11 is 13.8. The van der Waals surface area contributed by atoms with Gasteiger partial charge in [-0.2, -0.15) is 0 Å². The summed E-state index contributed by atoms with van der Waals surface area (Å²) in [7, 11) is 0. The van der Waals surface area contributed by atoms with Crippen molar-refractivity contribution < 1.29 is 9.15 Å². The summed E-state index contributed by atoms with van der Waals surface area (Å²) < 4.78 is 11.4. The standard InChI is InChI=1S/C25H15Cl2NO3S/c26-20-7-4-8-21(27)19(20)13-30-17-10-9-16-11-18(25(29)31-23(16)12-17)24-28-22(14-32-24)15-5-2-1-3-6-15/h1-12,14H,13H2. The van der Waals surface area contributed by atoms with Gasteiger partial charge in [-0.05, 0) is 30.3 Å². The largest absolute Gasteiger partial charge is 0.489 e. The van der Waals surface area contributed by atoms with Crippen LogP contribution >= 0.6 is 34.5 Å². The first-order chi connectivity index (χ1) is 15.6. The molecule has 2 heterocycles. The maximum Gasteiger partial charge on any atom is 0.346 e. The fourth-order valence-electron chi connectivity index (χ4n) is 3.30. The van der Waals surface area contributed by atoms with E-state index >= 15 is 0 Å². The van der Waals surface area contributed by atoms with Crippen molar-refractivity contribution in [3.63, 3.8) is 0 Å². The van der Waals surface area contributed by atoms with Gasteiger partial charge in [0.25, 0.3) is 0 Å². The zero-order chi connectivity index (χ0) is 22.1. The van der Waals surface area contributed by atoms with Gasteiger partial charge in [0.2, 0.25) is 0 Å². The van der Waals surface area contributed by atoms with Gasteiger partial charge < -0.3 is 9.15 Å². The van der Waals surface area contributed by atoms with Crippen LogP contribution in [0.5, 0.6) is 5.75 Å². The molecule has 5 aromatic rings. The predicted molar refractivity (Wildman–Crippen MR) is 130 cm³/mol. The van der Waals surface area contributed by atoms with Crippen LogP contribution in [0, 0.1) is 0 Å². The minimum atomic E-state index is -0.447. The lowest BCUT2D eigenvalue weighted by Crippen LogP contribution is -2.03. The Bertz CT molecular complexity index is 1460. The van der Waals surface area contributed by atoms with E-state index in [4.69, 9.17) is 32.4 Å². The van der Waals surface area contributed by atoms with Gasteiger partial charge in [0.15, 0.2) is 0 Å². The van der Waals surface area contributed by atoms with Gasteiger partial charge in [-0.25, -0.2) is 9.78 Å². The third-order valence-corrected chi connectivity index (χ3v) is 6.54. The smallest absolute Gasteiger partial charge is 0.346 e. The number of hydrogen-bond donors (Lipinski definition) is 0. The summed E-state index contributed by atoms with van der Waals surface area (Å²) in [6.07, 6.45) is 0. The van der Waals surface area contributed by atoms with Crippen LogP contribution in [0.25, 0.3) is 32.8 Å². The Morgan fingerprint density at radius 1 is 0.938 bits per heavy atom.